The molecule has 1 aromatic heterocycles. The number of ether oxygens (including phenoxy) is 3. The maximum atomic E-state index is 11.9. The van der Waals surface area contributed by atoms with Crippen molar-refractivity contribution in [1.82, 2.24) is 4.98 Å². The van der Waals surface area contributed by atoms with E-state index in [9.17, 15) is 14.9 Å². The Bertz CT molecular complexity index is 1050. The average Bonchev–Trinajstić information content (AvgIpc) is 2.66. The molecule has 27 heavy (non-hydrogen) atoms. The molecule has 0 aliphatic carbocycles. The number of fused-ring (bicyclic) bond motifs is 1. The van der Waals surface area contributed by atoms with Gasteiger partial charge in [-0.25, -0.2) is 0 Å². The maximum Gasteiger partial charge on any atom is 0.311 e. The van der Waals surface area contributed by atoms with Gasteiger partial charge in [-0.15, -0.1) is 0 Å². The Morgan fingerprint density at radius 2 is 1.78 bits per heavy atom. The van der Waals surface area contributed by atoms with E-state index in [-0.39, 0.29) is 17.2 Å². The number of nitrogens with zero attached hydrogens (tertiary/aromatic N) is 2. The number of rotatable bonds is 6. The number of carbonyl (C=O) groups excluding carboxylic acids is 1. The quantitative estimate of drug-likeness (QED) is 0.366. The standard InChI is InChI=1S/C19H16N2O6/c1-11(22)13-9-14-15(10-18(13)25-2)20-7-6-17(14)27-12-4-5-16(21(23)24)19(8-12)26-3/h4-10H,1-3H3. The summed E-state index contributed by atoms with van der Waals surface area (Å²) >= 11 is 0. The number of methoxy groups -OCH3 is 2. The van der Waals surface area contributed by atoms with Crippen molar-refractivity contribution < 1.29 is 23.9 Å². The minimum Gasteiger partial charge on any atom is -0.496 e. The molecule has 0 spiro atoms. The van der Waals surface area contributed by atoms with Crippen LogP contribution in [-0.4, -0.2) is 29.9 Å². The van der Waals surface area contributed by atoms with Crippen molar-refractivity contribution in [2.75, 3.05) is 14.2 Å². The molecule has 8 nitrogen and oxygen atoms in total. The first-order valence-electron chi connectivity index (χ1n) is 7.92. The Balaban J connectivity index is 2.08. The molecule has 0 fully saturated rings. The lowest BCUT2D eigenvalue weighted by atomic mass is 10.1. The van der Waals surface area contributed by atoms with Gasteiger partial charge >= 0.3 is 5.69 Å². The van der Waals surface area contributed by atoms with Gasteiger partial charge in [-0.3, -0.25) is 19.9 Å². The Labute approximate surface area is 154 Å². The van der Waals surface area contributed by atoms with Gasteiger partial charge in [-0.1, -0.05) is 0 Å². The Morgan fingerprint density at radius 3 is 2.41 bits per heavy atom. The van der Waals surface area contributed by atoms with Gasteiger partial charge < -0.3 is 14.2 Å². The molecule has 8 heteroatoms. The summed E-state index contributed by atoms with van der Waals surface area (Å²) in [5.41, 5.74) is 0.834. The summed E-state index contributed by atoms with van der Waals surface area (Å²) in [6.45, 7) is 1.45. The fourth-order valence-corrected chi connectivity index (χ4v) is 2.68. The van der Waals surface area contributed by atoms with Crippen LogP contribution in [0.5, 0.6) is 23.0 Å². The van der Waals surface area contributed by atoms with Gasteiger partial charge in [0.05, 0.1) is 30.2 Å². The number of benzene rings is 2. The molecule has 0 atom stereocenters. The van der Waals surface area contributed by atoms with Crippen LogP contribution < -0.4 is 14.2 Å². The molecule has 0 amide bonds. The van der Waals surface area contributed by atoms with Gasteiger partial charge in [0, 0.05) is 29.8 Å². The Hall–Kier alpha value is -3.68. The van der Waals surface area contributed by atoms with Gasteiger partial charge in [-0.2, -0.15) is 0 Å². The molecular weight excluding hydrogens is 352 g/mol. The number of nitro benzene ring substituents is 1. The molecule has 0 aliphatic heterocycles. The number of nitro groups is 1. The van der Waals surface area contributed by atoms with Crippen molar-refractivity contribution in [2.45, 2.75) is 6.92 Å². The minimum absolute atomic E-state index is 0.0851. The number of hydrogen-bond acceptors (Lipinski definition) is 7. The molecule has 0 radical (unpaired) electrons. The van der Waals surface area contributed by atoms with Crippen LogP contribution in [0.25, 0.3) is 10.9 Å². The van der Waals surface area contributed by atoms with E-state index < -0.39 is 4.92 Å². The molecule has 2 aromatic carbocycles. The number of pyridine rings is 1. The van der Waals surface area contributed by atoms with E-state index in [0.717, 1.165) is 0 Å². The van der Waals surface area contributed by atoms with Crippen molar-refractivity contribution in [1.29, 1.82) is 0 Å². The van der Waals surface area contributed by atoms with E-state index in [1.165, 1.54) is 39.3 Å². The molecule has 0 saturated carbocycles. The van der Waals surface area contributed by atoms with E-state index in [2.05, 4.69) is 4.98 Å². The molecule has 0 saturated heterocycles. The second-order valence-electron chi connectivity index (χ2n) is 5.63. The molecule has 0 aliphatic rings. The summed E-state index contributed by atoms with van der Waals surface area (Å²) in [6, 6.07) is 9.17. The number of hydrogen-bond donors (Lipinski definition) is 0. The van der Waals surface area contributed by atoms with Crippen molar-refractivity contribution in [3.8, 4) is 23.0 Å². The topological polar surface area (TPSA) is 101 Å². The third-order valence-electron chi connectivity index (χ3n) is 3.98. The second kappa shape index (κ2) is 7.28. The number of aromatic nitrogens is 1. The molecular formula is C19H16N2O6. The number of carbonyl (C=O) groups is 1. The van der Waals surface area contributed by atoms with Crippen LogP contribution in [0.15, 0.2) is 42.6 Å². The zero-order valence-corrected chi connectivity index (χ0v) is 14.9. The van der Waals surface area contributed by atoms with Gasteiger partial charge in [0.2, 0.25) is 5.75 Å². The van der Waals surface area contributed by atoms with Crippen LogP contribution in [0, 0.1) is 10.1 Å². The maximum absolute atomic E-state index is 11.9. The number of ketones is 1. The molecule has 0 bridgehead atoms. The second-order valence-corrected chi connectivity index (χ2v) is 5.63. The largest absolute Gasteiger partial charge is 0.496 e. The van der Waals surface area contributed by atoms with Crippen LogP contribution in [0.3, 0.4) is 0 Å². The Morgan fingerprint density at radius 1 is 1.04 bits per heavy atom. The summed E-state index contributed by atoms with van der Waals surface area (Å²) in [5.74, 6) is 1.16. The SMILES string of the molecule is COc1cc2nccc(Oc3ccc([N+](=O)[O-])c(OC)c3)c2cc1C(C)=O. The first kappa shape index (κ1) is 18.1. The highest BCUT2D eigenvalue weighted by atomic mass is 16.6. The predicted molar refractivity (Wildman–Crippen MR) is 98.0 cm³/mol. The Kier molecular flexibility index (Phi) is 4.89. The molecule has 3 rings (SSSR count). The first-order valence-corrected chi connectivity index (χ1v) is 7.92. The van der Waals surface area contributed by atoms with E-state index in [1.807, 2.05) is 0 Å². The highest BCUT2D eigenvalue weighted by Crippen LogP contribution is 2.36. The van der Waals surface area contributed by atoms with Crippen molar-refractivity contribution in [3.05, 3.63) is 58.3 Å². The van der Waals surface area contributed by atoms with Crippen molar-refractivity contribution in [2.24, 2.45) is 0 Å². The fourth-order valence-electron chi connectivity index (χ4n) is 2.68. The van der Waals surface area contributed by atoms with E-state index in [1.54, 1.807) is 24.4 Å². The lowest BCUT2D eigenvalue weighted by Crippen LogP contribution is -1.99. The lowest BCUT2D eigenvalue weighted by Gasteiger charge is -2.12. The predicted octanol–water partition coefficient (Wildman–Crippen LogP) is 4.16. The highest BCUT2D eigenvalue weighted by Gasteiger charge is 2.17. The van der Waals surface area contributed by atoms with Crippen LogP contribution in [0.2, 0.25) is 0 Å². The molecule has 3 aromatic rings. The fraction of sp³-hybridized carbons (Fsp3) is 0.158. The third kappa shape index (κ3) is 3.50. The van der Waals surface area contributed by atoms with Gasteiger partial charge in [0.1, 0.15) is 17.2 Å². The van der Waals surface area contributed by atoms with E-state index in [0.29, 0.717) is 33.7 Å². The van der Waals surface area contributed by atoms with Gasteiger partial charge in [-0.05, 0) is 25.1 Å². The normalized spacial score (nSPS) is 10.5. The van der Waals surface area contributed by atoms with Crippen molar-refractivity contribution >= 4 is 22.4 Å². The van der Waals surface area contributed by atoms with E-state index >= 15 is 0 Å². The third-order valence-corrected chi connectivity index (χ3v) is 3.98. The monoisotopic (exact) mass is 368 g/mol. The van der Waals surface area contributed by atoms with Crippen LogP contribution in [0.1, 0.15) is 17.3 Å². The van der Waals surface area contributed by atoms with Crippen LogP contribution in [0.4, 0.5) is 5.69 Å². The minimum atomic E-state index is -0.532. The van der Waals surface area contributed by atoms with E-state index in [4.69, 9.17) is 14.2 Å². The molecule has 0 unspecified atom stereocenters. The van der Waals surface area contributed by atoms with Crippen LogP contribution in [-0.2, 0) is 0 Å². The zero-order chi connectivity index (χ0) is 19.6. The summed E-state index contributed by atoms with van der Waals surface area (Å²) in [6.07, 6.45) is 1.56. The van der Waals surface area contributed by atoms with Gasteiger partial charge in [0.25, 0.3) is 0 Å². The summed E-state index contributed by atoms with van der Waals surface area (Å²) < 4.78 is 16.2. The van der Waals surface area contributed by atoms with Crippen LogP contribution >= 0.6 is 0 Å². The average molecular weight is 368 g/mol. The van der Waals surface area contributed by atoms with Gasteiger partial charge in [0.15, 0.2) is 5.78 Å². The zero-order valence-electron chi connectivity index (χ0n) is 14.9. The summed E-state index contributed by atoms with van der Waals surface area (Å²) in [7, 11) is 2.83. The molecule has 138 valence electrons. The first-order chi connectivity index (χ1) is 12.9. The molecule has 1 heterocycles. The summed E-state index contributed by atoms with van der Waals surface area (Å²) in [5, 5.41) is 11.6. The smallest absolute Gasteiger partial charge is 0.311 e. The number of Topliss-reactive ketones (excluding diaryl/α,β-unsaturated/α-hetero) is 1. The summed E-state index contributed by atoms with van der Waals surface area (Å²) in [4.78, 5) is 26.7. The molecule has 0 N–H and O–H groups in total. The highest BCUT2D eigenvalue weighted by molar-refractivity contribution is 6.02. The van der Waals surface area contributed by atoms with Crippen molar-refractivity contribution in [3.63, 3.8) is 0 Å². The lowest BCUT2D eigenvalue weighted by molar-refractivity contribution is -0.385.